The van der Waals surface area contributed by atoms with Gasteiger partial charge in [-0.3, -0.25) is 4.79 Å². The molecule has 0 aliphatic carbocycles. The Kier molecular flexibility index (Phi) is 4.75. The predicted octanol–water partition coefficient (Wildman–Crippen LogP) is 3.87. The third kappa shape index (κ3) is 3.70. The summed E-state index contributed by atoms with van der Waals surface area (Å²) in [6, 6.07) is 5.75. The molecule has 0 aliphatic rings. The standard InChI is InChI=1S/C15H15ClFN3O/c1-3-18-14-7-11(12(16)8-19-14)15(21)20-13-5-4-10(17)6-9(13)2/h4-8H,3H2,1-2H3,(H,18,19)(H,20,21). The van der Waals surface area contributed by atoms with Gasteiger partial charge in [0.2, 0.25) is 0 Å². The first-order valence-corrected chi connectivity index (χ1v) is 6.86. The molecule has 1 aromatic carbocycles. The normalized spacial score (nSPS) is 10.3. The van der Waals surface area contributed by atoms with Crippen molar-refractivity contribution >= 4 is 29.0 Å². The molecule has 21 heavy (non-hydrogen) atoms. The van der Waals surface area contributed by atoms with Crippen molar-refractivity contribution in [3.05, 3.63) is 52.4 Å². The van der Waals surface area contributed by atoms with E-state index in [4.69, 9.17) is 11.6 Å². The molecule has 4 nitrogen and oxygen atoms in total. The minimum Gasteiger partial charge on any atom is -0.370 e. The highest BCUT2D eigenvalue weighted by Crippen LogP contribution is 2.21. The molecule has 1 amide bonds. The summed E-state index contributed by atoms with van der Waals surface area (Å²) in [5, 5.41) is 5.99. The lowest BCUT2D eigenvalue weighted by Gasteiger charge is -2.10. The van der Waals surface area contributed by atoms with Gasteiger partial charge in [-0.2, -0.15) is 0 Å². The zero-order chi connectivity index (χ0) is 15.4. The number of amides is 1. The molecule has 2 rings (SSSR count). The molecule has 2 N–H and O–H groups in total. The summed E-state index contributed by atoms with van der Waals surface area (Å²) in [6.07, 6.45) is 1.42. The number of nitrogens with one attached hydrogen (secondary N) is 2. The smallest absolute Gasteiger partial charge is 0.257 e. The maximum atomic E-state index is 13.1. The van der Waals surface area contributed by atoms with E-state index in [-0.39, 0.29) is 16.7 Å². The second kappa shape index (κ2) is 6.54. The minimum absolute atomic E-state index is 0.258. The molecule has 1 heterocycles. The molecule has 0 spiro atoms. The number of rotatable bonds is 4. The number of carbonyl (C=O) groups excluding carboxylic acids is 1. The van der Waals surface area contributed by atoms with Gasteiger partial charge in [-0.1, -0.05) is 11.6 Å². The lowest BCUT2D eigenvalue weighted by Crippen LogP contribution is -2.14. The average Bonchev–Trinajstić information content (AvgIpc) is 2.44. The molecule has 1 aromatic heterocycles. The Morgan fingerprint density at radius 3 is 2.81 bits per heavy atom. The molecule has 0 radical (unpaired) electrons. The number of aryl methyl sites for hydroxylation is 1. The van der Waals surface area contributed by atoms with Gasteiger partial charge >= 0.3 is 0 Å². The van der Waals surface area contributed by atoms with E-state index < -0.39 is 0 Å². The number of benzene rings is 1. The number of halogens is 2. The van der Waals surface area contributed by atoms with Crippen molar-refractivity contribution in [3.63, 3.8) is 0 Å². The van der Waals surface area contributed by atoms with Crippen LogP contribution >= 0.6 is 11.6 Å². The van der Waals surface area contributed by atoms with Gasteiger partial charge in [-0.25, -0.2) is 9.37 Å². The van der Waals surface area contributed by atoms with Crippen LogP contribution in [0.5, 0.6) is 0 Å². The monoisotopic (exact) mass is 307 g/mol. The van der Waals surface area contributed by atoms with Crippen molar-refractivity contribution in [3.8, 4) is 0 Å². The summed E-state index contributed by atoms with van der Waals surface area (Å²) in [5.74, 6) is -0.138. The van der Waals surface area contributed by atoms with Crippen molar-refractivity contribution in [1.29, 1.82) is 0 Å². The Bertz CT molecular complexity index is 676. The third-order valence-corrected chi connectivity index (χ3v) is 3.20. The Balaban J connectivity index is 2.25. The van der Waals surface area contributed by atoms with Crippen molar-refractivity contribution in [2.24, 2.45) is 0 Å². The molecule has 0 unspecified atom stereocenters. The van der Waals surface area contributed by atoms with E-state index in [2.05, 4.69) is 15.6 Å². The number of carbonyl (C=O) groups is 1. The van der Waals surface area contributed by atoms with Crippen LogP contribution in [0.2, 0.25) is 5.02 Å². The van der Waals surface area contributed by atoms with Gasteiger partial charge in [0.1, 0.15) is 11.6 Å². The van der Waals surface area contributed by atoms with E-state index in [0.717, 1.165) is 0 Å². The maximum absolute atomic E-state index is 13.1. The molecule has 0 atom stereocenters. The largest absolute Gasteiger partial charge is 0.370 e. The highest BCUT2D eigenvalue weighted by Gasteiger charge is 2.13. The topological polar surface area (TPSA) is 54.0 Å². The highest BCUT2D eigenvalue weighted by atomic mass is 35.5. The fraction of sp³-hybridized carbons (Fsp3) is 0.200. The SMILES string of the molecule is CCNc1cc(C(=O)Nc2ccc(F)cc2C)c(Cl)cn1. The first-order chi connectivity index (χ1) is 10.0. The van der Waals surface area contributed by atoms with Crippen LogP contribution in [-0.2, 0) is 0 Å². The summed E-state index contributed by atoms with van der Waals surface area (Å²) in [4.78, 5) is 16.4. The molecule has 0 saturated carbocycles. The summed E-state index contributed by atoms with van der Waals surface area (Å²) in [6.45, 7) is 4.33. The molecule has 0 saturated heterocycles. The lowest BCUT2D eigenvalue weighted by atomic mass is 10.1. The molecule has 0 fully saturated rings. The van der Waals surface area contributed by atoms with Gasteiger partial charge in [-0.15, -0.1) is 0 Å². The van der Waals surface area contributed by atoms with Crippen molar-refractivity contribution in [1.82, 2.24) is 4.98 Å². The fourth-order valence-corrected chi connectivity index (χ4v) is 2.04. The maximum Gasteiger partial charge on any atom is 0.257 e. The number of aromatic nitrogens is 1. The van der Waals surface area contributed by atoms with E-state index in [1.807, 2.05) is 6.92 Å². The third-order valence-electron chi connectivity index (χ3n) is 2.89. The molecule has 6 heteroatoms. The van der Waals surface area contributed by atoms with E-state index >= 15 is 0 Å². The second-order valence-electron chi connectivity index (χ2n) is 4.49. The Labute approximate surface area is 127 Å². The quantitative estimate of drug-likeness (QED) is 0.901. The van der Waals surface area contributed by atoms with Crippen molar-refractivity contribution < 1.29 is 9.18 Å². The number of hydrogen-bond donors (Lipinski definition) is 2. The molecular formula is C15H15ClFN3O. The number of anilines is 2. The lowest BCUT2D eigenvalue weighted by molar-refractivity contribution is 0.102. The van der Waals surface area contributed by atoms with Gasteiger partial charge in [-0.05, 0) is 43.7 Å². The molecule has 0 aliphatic heterocycles. The molecule has 110 valence electrons. The van der Waals surface area contributed by atoms with Gasteiger partial charge in [0.25, 0.3) is 5.91 Å². The number of hydrogen-bond acceptors (Lipinski definition) is 3. The van der Waals surface area contributed by atoms with Crippen LogP contribution in [0.1, 0.15) is 22.8 Å². The number of pyridine rings is 1. The van der Waals surface area contributed by atoms with Gasteiger partial charge in [0.05, 0.1) is 10.6 Å². The van der Waals surface area contributed by atoms with Gasteiger partial charge < -0.3 is 10.6 Å². The Morgan fingerprint density at radius 1 is 1.38 bits per heavy atom. The van der Waals surface area contributed by atoms with E-state index in [0.29, 0.717) is 29.2 Å². The van der Waals surface area contributed by atoms with Crippen LogP contribution in [0.25, 0.3) is 0 Å². The first kappa shape index (κ1) is 15.3. The predicted molar refractivity (Wildman–Crippen MR) is 82.5 cm³/mol. The van der Waals surface area contributed by atoms with Gasteiger partial charge in [0, 0.05) is 18.4 Å². The Morgan fingerprint density at radius 2 is 2.14 bits per heavy atom. The van der Waals surface area contributed by atoms with Crippen LogP contribution in [0.15, 0.2) is 30.5 Å². The van der Waals surface area contributed by atoms with Crippen molar-refractivity contribution in [2.45, 2.75) is 13.8 Å². The molecular weight excluding hydrogens is 293 g/mol. The highest BCUT2D eigenvalue weighted by molar-refractivity contribution is 6.34. The summed E-state index contributed by atoms with van der Waals surface area (Å²) < 4.78 is 13.1. The summed E-state index contributed by atoms with van der Waals surface area (Å²) in [5.41, 5.74) is 1.49. The fourth-order valence-electron chi connectivity index (χ4n) is 1.85. The van der Waals surface area contributed by atoms with E-state index in [1.165, 1.54) is 24.4 Å². The van der Waals surface area contributed by atoms with Gasteiger partial charge in [0.15, 0.2) is 0 Å². The molecule has 2 aromatic rings. The summed E-state index contributed by atoms with van der Waals surface area (Å²) in [7, 11) is 0. The molecule has 0 bridgehead atoms. The van der Waals surface area contributed by atoms with Crippen molar-refractivity contribution in [2.75, 3.05) is 17.2 Å². The summed E-state index contributed by atoms with van der Waals surface area (Å²) >= 11 is 6.01. The Hall–Kier alpha value is -2.14. The zero-order valence-electron chi connectivity index (χ0n) is 11.7. The van der Waals surface area contributed by atoms with E-state index in [9.17, 15) is 9.18 Å². The van der Waals surface area contributed by atoms with Crippen LogP contribution in [0, 0.1) is 12.7 Å². The zero-order valence-corrected chi connectivity index (χ0v) is 12.5. The number of nitrogens with zero attached hydrogens (tertiary/aromatic N) is 1. The van der Waals surface area contributed by atoms with Crippen LogP contribution < -0.4 is 10.6 Å². The second-order valence-corrected chi connectivity index (χ2v) is 4.90. The van der Waals surface area contributed by atoms with Crippen LogP contribution in [-0.4, -0.2) is 17.4 Å². The average molecular weight is 308 g/mol. The first-order valence-electron chi connectivity index (χ1n) is 6.48. The van der Waals surface area contributed by atoms with E-state index in [1.54, 1.807) is 13.0 Å². The van der Waals surface area contributed by atoms with Crippen LogP contribution in [0.3, 0.4) is 0 Å². The minimum atomic E-state index is -0.365. The van der Waals surface area contributed by atoms with Crippen LogP contribution in [0.4, 0.5) is 15.9 Å².